The van der Waals surface area contributed by atoms with Crippen molar-refractivity contribution in [2.75, 3.05) is 36.0 Å². The van der Waals surface area contributed by atoms with Gasteiger partial charge in [-0.15, -0.1) is 0 Å². The molecular weight excluding hydrogens is 556 g/mol. The lowest BCUT2D eigenvalue weighted by Crippen LogP contribution is -2.48. The van der Waals surface area contributed by atoms with Gasteiger partial charge in [-0.3, -0.25) is 14.4 Å². The number of hydrogen-bond acceptors (Lipinski definition) is 6. The van der Waals surface area contributed by atoms with Gasteiger partial charge in [0.05, 0.1) is 31.4 Å². The van der Waals surface area contributed by atoms with Crippen LogP contribution < -0.4 is 15.1 Å². The molecule has 3 aromatic carbocycles. The van der Waals surface area contributed by atoms with Gasteiger partial charge >= 0.3 is 0 Å². The van der Waals surface area contributed by atoms with Gasteiger partial charge in [0.1, 0.15) is 0 Å². The highest BCUT2D eigenvalue weighted by Crippen LogP contribution is 2.45. The smallest absolute Gasteiger partial charge is 0.264 e. The number of aliphatic hydroxyl groups excluding tert-OH is 1. The van der Waals surface area contributed by atoms with Crippen molar-refractivity contribution in [3.05, 3.63) is 107 Å². The molecule has 9 heteroatoms. The van der Waals surface area contributed by atoms with Crippen molar-refractivity contribution in [1.29, 1.82) is 0 Å². The van der Waals surface area contributed by atoms with Crippen LogP contribution in [0.25, 0.3) is 0 Å². The van der Waals surface area contributed by atoms with Gasteiger partial charge in [-0.25, -0.2) is 0 Å². The highest BCUT2D eigenvalue weighted by Gasteiger charge is 2.52. The number of piperazine rings is 1. The monoisotopic (exact) mass is 594 g/mol. The summed E-state index contributed by atoms with van der Waals surface area (Å²) < 4.78 is 0. The first kappa shape index (κ1) is 29.7. The summed E-state index contributed by atoms with van der Waals surface area (Å²) in [5, 5.41) is 25.0. The standard InChI is InChI=1S/C35H38N4O5/c1-24(7-6-12-32(41)38-22-27-9-3-2-8-26(27)19-29(38)23-40)35(44)30-10-4-5-11-31(30)39(34(35)43)21-25-13-15-28(16-14-25)37-18-17-36-20-33(37)42/h2-11,13-16,24,29,36,40,44H,12,17-23H2,1H3/b7-6+/t24-,29+,35+/m1/s1. The molecule has 3 heterocycles. The van der Waals surface area contributed by atoms with Gasteiger partial charge in [0, 0.05) is 43.2 Å². The SMILES string of the molecule is C[C@H](/C=C/CC(=O)N1Cc2ccccc2C[C@H]1CO)[C@@]1(O)C(=O)N(Cc2ccc(N3CCNCC3=O)cc2)c2ccccc21. The quantitative estimate of drug-likeness (QED) is 0.346. The molecule has 1 saturated heterocycles. The maximum absolute atomic E-state index is 13.9. The summed E-state index contributed by atoms with van der Waals surface area (Å²) in [6, 6.07) is 22.5. The number of fused-ring (bicyclic) bond motifs is 2. The predicted molar refractivity (Wildman–Crippen MR) is 168 cm³/mol. The number of anilines is 2. The largest absolute Gasteiger partial charge is 0.394 e. The Hall–Kier alpha value is -4.31. The molecule has 9 nitrogen and oxygen atoms in total. The summed E-state index contributed by atoms with van der Waals surface area (Å²) in [6.45, 7) is 4.04. The summed E-state index contributed by atoms with van der Waals surface area (Å²) in [5.41, 5.74) is 3.31. The molecule has 44 heavy (non-hydrogen) atoms. The first-order valence-electron chi connectivity index (χ1n) is 15.2. The molecule has 3 aliphatic heterocycles. The summed E-state index contributed by atoms with van der Waals surface area (Å²) in [7, 11) is 0. The van der Waals surface area contributed by atoms with E-state index in [9.17, 15) is 24.6 Å². The fourth-order valence-electron chi connectivity index (χ4n) is 6.57. The molecule has 0 unspecified atom stereocenters. The molecule has 0 bridgehead atoms. The van der Waals surface area contributed by atoms with Crippen molar-refractivity contribution < 1.29 is 24.6 Å². The van der Waals surface area contributed by atoms with Gasteiger partial charge in [-0.1, -0.05) is 73.7 Å². The third kappa shape index (κ3) is 5.43. The van der Waals surface area contributed by atoms with Crippen molar-refractivity contribution in [1.82, 2.24) is 10.2 Å². The van der Waals surface area contributed by atoms with Gasteiger partial charge in [0.15, 0.2) is 5.60 Å². The lowest BCUT2D eigenvalue weighted by atomic mass is 9.83. The predicted octanol–water partition coefficient (Wildman–Crippen LogP) is 2.89. The van der Waals surface area contributed by atoms with Crippen LogP contribution in [0.1, 0.15) is 35.6 Å². The van der Waals surface area contributed by atoms with Crippen LogP contribution in [0.5, 0.6) is 0 Å². The van der Waals surface area contributed by atoms with Crippen LogP contribution in [-0.4, -0.2) is 65.1 Å². The molecular formula is C35H38N4O5. The lowest BCUT2D eigenvalue weighted by molar-refractivity contribution is -0.139. The molecule has 0 spiro atoms. The Labute approximate surface area is 257 Å². The van der Waals surface area contributed by atoms with E-state index in [0.29, 0.717) is 37.3 Å². The number of carbonyl (C=O) groups excluding carboxylic acids is 3. The number of carbonyl (C=O) groups is 3. The maximum atomic E-state index is 13.9. The molecule has 3 amide bonds. The number of rotatable bonds is 8. The van der Waals surface area contributed by atoms with Gasteiger partial charge in [0.25, 0.3) is 5.91 Å². The number of nitrogens with one attached hydrogen (secondary N) is 1. The number of aliphatic hydroxyl groups is 2. The fraction of sp³-hybridized carbons (Fsp3) is 0.343. The number of hydrogen-bond donors (Lipinski definition) is 3. The molecule has 0 radical (unpaired) electrons. The van der Waals surface area contributed by atoms with Crippen LogP contribution in [0.3, 0.4) is 0 Å². The van der Waals surface area contributed by atoms with Gasteiger partial charge in [-0.05, 0) is 41.3 Å². The molecule has 228 valence electrons. The van der Waals surface area contributed by atoms with Gasteiger partial charge < -0.3 is 30.2 Å². The molecule has 6 rings (SSSR count). The highest BCUT2D eigenvalue weighted by atomic mass is 16.3. The average Bonchev–Trinajstić information content (AvgIpc) is 3.27. The van der Waals surface area contributed by atoms with Crippen LogP contribution in [-0.2, 0) is 39.5 Å². The second kappa shape index (κ2) is 12.4. The molecule has 3 aromatic rings. The second-order valence-corrected chi connectivity index (χ2v) is 11.8. The van der Waals surface area contributed by atoms with E-state index < -0.39 is 17.4 Å². The number of nitrogens with zero attached hydrogens (tertiary/aromatic N) is 3. The molecule has 3 N–H and O–H groups in total. The Kier molecular flexibility index (Phi) is 8.35. The van der Waals surface area contributed by atoms with Crippen LogP contribution in [0, 0.1) is 5.92 Å². The Balaban J connectivity index is 1.15. The van der Waals surface area contributed by atoms with Gasteiger partial charge in [-0.2, -0.15) is 0 Å². The molecule has 1 fully saturated rings. The first-order valence-corrected chi connectivity index (χ1v) is 15.2. The molecule has 0 aromatic heterocycles. The van der Waals surface area contributed by atoms with E-state index in [4.69, 9.17) is 0 Å². The Morgan fingerprint density at radius 1 is 1.05 bits per heavy atom. The minimum Gasteiger partial charge on any atom is -0.394 e. The van der Waals surface area contributed by atoms with E-state index >= 15 is 0 Å². The summed E-state index contributed by atoms with van der Waals surface area (Å²) in [6.07, 6.45) is 4.16. The Morgan fingerprint density at radius 2 is 1.77 bits per heavy atom. The Morgan fingerprint density at radius 3 is 2.52 bits per heavy atom. The lowest BCUT2D eigenvalue weighted by Gasteiger charge is -2.36. The van der Waals surface area contributed by atoms with E-state index in [0.717, 1.165) is 28.9 Å². The normalized spacial score (nSPS) is 22.3. The van der Waals surface area contributed by atoms with Crippen molar-refractivity contribution >= 4 is 29.1 Å². The van der Waals surface area contributed by atoms with E-state index in [1.165, 1.54) is 0 Å². The fourth-order valence-corrected chi connectivity index (χ4v) is 6.57. The number of amides is 3. The summed E-state index contributed by atoms with van der Waals surface area (Å²) in [5.74, 6) is -1.11. The molecule has 3 aliphatic rings. The van der Waals surface area contributed by atoms with Crippen LogP contribution in [0.15, 0.2) is 84.9 Å². The zero-order valence-electron chi connectivity index (χ0n) is 24.9. The maximum Gasteiger partial charge on any atom is 0.264 e. The van der Waals surface area contributed by atoms with Crippen LogP contribution >= 0.6 is 0 Å². The summed E-state index contributed by atoms with van der Waals surface area (Å²) in [4.78, 5) is 44.5. The van der Waals surface area contributed by atoms with Crippen molar-refractivity contribution in [2.45, 2.75) is 44.5 Å². The van der Waals surface area contributed by atoms with Crippen molar-refractivity contribution in [3.8, 4) is 0 Å². The zero-order chi connectivity index (χ0) is 30.8. The van der Waals surface area contributed by atoms with E-state index in [1.54, 1.807) is 39.8 Å². The minimum absolute atomic E-state index is 0.0240. The van der Waals surface area contributed by atoms with Crippen molar-refractivity contribution in [3.63, 3.8) is 0 Å². The van der Waals surface area contributed by atoms with E-state index in [1.807, 2.05) is 66.7 Å². The summed E-state index contributed by atoms with van der Waals surface area (Å²) >= 11 is 0. The van der Waals surface area contributed by atoms with Gasteiger partial charge in [0.2, 0.25) is 11.8 Å². The number of para-hydroxylation sites is 1. The van der Waals surface area contributed by atoms with Crippen molar-refractivity contribution in [2.24, 2.45) is 5.92 Å². The Bertz CT molecular complexity index is 1590. The third-order valence-electron chi connectivity index (χ3n) is 9.12. The second-order valence-electron chi connectivity index (χ2n) is 11.8. The molecule has 3 atom stereocenters. The highest BCUT2D eigenvalue weighted by molar-refractivity contribution is 6.07. The minimum atomic E-state index is -1.79. The average molecular weight is 595 g/mol. The number of benzene rings is 3. The van der Waals surface area contributed by atoms with E-state index in [2.05, 4.69) is 5.32 Å². The third-order valence-corrected chi connectivity index (χ3v) is 9.12. The van der Waals surface area contributed by atoms with Crippen LogP contribution in [0.2, 0.25) is 0 Å². The zero-order valence-corrected chi connectivity index (χ0v) is 24.9. The topological polar surface area (TPSA) is 113 Å². The van der Waals surface area contributed by atoms with Crippen LogP contribution in [0.4, 0.5) is 11.4 Å². The molecule has 0 aliphatic carbocycles. The first-order chi connectivity index (χ1) is 21.3. The molecule has 0 saturated carbocycles. The van der Waals surface area contributed by atoms with E-state index in [-0.39, 0.29) is 37.4 Å².